The Morgan fingerprint density at radius 2 is 1.73 bits per heavy atom. The van der Waals surface area contributed by atoms with Crippen LogP contribution < -0.4 is 24.4 Å². The summed E-state index contributed by atoms with van der Waals surface area (Å²) in [5, 5.41) is 13.3. The summed E-state index contributed by atoms with van der Waals surface area (Å²) >= 11 is 0. The van der Waals surface area contributed by atoms with E-state index in [1.807, 2.05) is 24.3 Å². The number of nitrogens with one attached hydrogen (secondary N) is 1. The van der Waals surface area contributed by atoms with Crippen LogP contribution in [0.15, 0.2) is 48.5 Å². The van der Waals surface area contributed by atoms with Crippen LogP contribution in [0.2, 0.25) is 0 Å². The smallest absolute Gasteiger partial charge is 0.165 e. The zero-order chi connectivity index (χ0) is 29.6. The van der Waals surface area contributed by atoms with Gasteiger partial charge in [0, 0.05) is 37.9 Å². The molecular weight excluding hydrogens is 519 g/mol. The van der Waals surface area contributed by atoms with Gasteiger partial charge >= 0.3 is 0 Å². The standard InChI is InChI=1S/C34H45FN2O4/c1-7-37(21-23-8-13-31(29(35)16-23)41-15-14-36-22-34(2,3)4)30-20-33(40-6)32(39-5)19-28(30)26-10-9-25-18-27(38)12-11-24(25)17-26/h8,11-13,16,18-20,26,36,38H,7,9-10,14-15,17,21-22H2,1-6H3/t26-/m1/s1. The fraction of sp³-hybridized carbons (Fsp3) is 0.471. The number of aromatic hydroxyl groups is 1. The highest BCUT2D eigenvalue weighted by atomic mass is 19.1. The van der Waals surface area contributed by atoms with Crippen LogP contribution in [-0.4, -0.2) is 45.6 Å². The zero-order valence-corrected chi connectivity index (χ0v) is 25.4. The van der Waals surface area contributed by atoms with Crippen molar-refractivity contribution in [2.75, 3.05) is 45.4 Å². The fourth-order valence-corrected chi connectivity index (χ4v) is 5.54. The van der Waals surface area contributed by atoms with Crippen molar-refractivity contribution in [3.63, 3.8) is 0 Å². The highest BCUT2D eigenvalue weighted by Crippen LogP contribution is 2.43. The molecule has 7 heteroatoms. The van der Waals surface area contributed by atoms with Crippen molar-refractivity contribution in [1.29, 1.82) is 0 Å². The van der Waals surface area contributed by atoms with Gasteiger partial charge in [0.25, 0.3) is 0 Å². The molecule has 0 bridgehead atoms. The predicted molar refractivity (Wildman–Crippen MR) is 163 cm³/mol. The minimum atomic E-state index is -0.353. The third-order valence-electron chi connectivity index (χ3n) is 7.67. The van der Waals surface area contributed by atoms with E-state index in [-0.39, 0.29) is 22.9 Å². The number of benzene rings is 3. The Morgan fingerprint density at radius 1 is 0.976 bits per heavy atom. The molecule has 0 saturated carbocycles. The van der Waals surface area contributed by atoms with Crippen LogP contribution in [-0.2, 0) is 19.4 Å². The van der Waals surface area contributed by atoms with Crippen molar-refractivity contribution < 1.29 is 23.7 Å². The van der Waals surface area contributed by atoms with Crippen LogP contribution in [0.3, 0.4) is 0 Å². The first-order valence-electron chi connectivity index (χ1n) is 14.6. The second kappa shape index (κ2) is 13.5. The number of halogens is 1. The fourth-order valence-electron chi connectivity index (χ4n) is 5.54. The Labute approximate surface area is 244 Å². The van der Waals surface area contributed by atoms with E-state index in [0.717, 1.165) is 43.6 Å². The quantitative estimate of drug-likeness (QED) is 0.234. The summed E-state index contributed by atoms with van der Waals surface area (Å²) in [6, 6.07) is 15.1. The molecule has 6 nitrogen and oxygen atoms in total. The Hall–Kier alpha value is -3.45. The van der Waals surface area contributed by atoms with Crippen LogP contribution in [0.1, 0.15) is 62.3 Å². The number of phenols is 1. The molecule has 4 rings (SSSR count). The highest BCUT2D eigenvalue weighted by molar-refractivity contribution is 5.64. The normalized spacial score (nSPS) is 14.9. The van der Waals surface area contributed by atoms with Gasteiger partial charge in [0.2, 0.25) is 0 Å². The first kappa shape index (κ1) is 30.5. The minimum absolute atomic E-state index is 0.192. The summed E-state index contributed by atoms with van der Waals surface area (Å²) < 4.78 is 32.1. The maximum absolute atomic E-state index is 15.0. The molecule has 0 fully saturated rings. The van der Waals surface area contributed by atoms with Crippen molar-refractivity contribution in [3.8, 4) is 23.0 Å². The molecule has 0 aliphatic heterocycles. The topological polar surface area (TPSA) is 63.2 Å². The van der Waals surface area contributed by atoms with Gasteiger partial charge in [-0.2, -0.15) is 0 Å². The summed E-state index contributed by atoms with van der Waals surface area (Å²) in [6.07, 6.45) is 2.73. The van der Waals surface area contributed by atoms with E-state index in [0.29, 0.717) is 36.9 Å². The second-order valence-electron chi connectivity index (χ2n) is 12.0. The van der Waals surface area contributed by atoms with E-state index in [9.17, 15) is 5.11 Å². The number of hydrogen-bond acceptors (Lipinski definition) is 6. The Morgan fingerprint density at radius 3 is 2.41 bits per heavy atom. The summed E-state index contributed by atoms with van der Waals surface area (Å²) in [6.45, 7) is 11.8. The van der Waals surface area contributed by atoms with Gasteiger partial charge in [-0.05, 0) is 90.1 Å². The van der Waals surface area contributed by atoms with Gasteiger partial charge < -0.3 is 29.5 Å². The number of aryl methyl sites for hydroxylation is 1. The molecule has 0 heterocycles. The summed E-state index contributed by atoms with van der Waals surface area (Å²) in [5.41, 5.74) is 5.77. The lowest BCUT2D eigenvalue weighted by atomic mass is 9.79. The number of nitrogens with zero attached hydrogens (tertiary/aromatic N) is 1. The van der Waals surface area contributed by atoms with Crippen molar-refractivity contribution in [2.24, 2.45) is 5.41 Å². The molecule has 3 aromatic carbocycles. The molecule has 0 amide bonds. The van der Waals surface area contributed by atoms with Crippen molar-refractivity contribution >= 4 is 5.69 Å². The molecular formula is C34H45FN2O4. The van der Waals surface area contributed by atoms with Gasteiger partial charge in [0.05, 0.1) is 14.2 Å². The number of rotatable bonds is 12. The molecule has 1 atom stereocenters. The molecule has 222 valence electrons. The van der Waals surface area contributed by atoms with Gasteiger partial charge in [-0.25, -0.2) is 4.39 Å². The third kappa shape index (κ3) is 7.85. The maximum atomic E-state index is 15.0. The summed E-state index contributed by atoms with van der Waals surface area (Å²) in [7, 11) is 3.30. The molecule has 0 spiro atoms. The molecule has 2 N–H and O–H groups in total. The number of phenolic OH excluding ortho intramolecular Hbond substituents is 1. The number of anilines is 1. The van der Waals surface area contributed by atoms with Crippen LogP contribution in [0.25, 0.3) is 0 Å². The molecule has 0 saturated heterocycles. The van der Waals surface area contributed by atoms with Gasteiger partial charge in [-0.3, -0.25) is 0 Å². The first-order valence-corrected chi connectivity index (χ1v) is 14.6. The maximum Gasteiger partial charge on any atom is 0.165 e. The van der Waals surface area contributed by atoms with Crippen LogP contribution >= 0.6 is 0 Å². The Balaban J connectivity index is 1.54. The van der Waals surface area contributed by atoms with E-state index in [1.54, 1.807) is 32.4 Å². The van der Waals surface area contributed by atoms with E-state index in [1.165, 1.54) is 16.7 Å². The molecule has 0 aromatic heterocycles. The number of methoxy groups -OCH3 is 2. The van der Waals surface area contributed by atoms with Crippen molar-refractivity contribution in [2.45, 2.75) is 59.4 Å². The summed E-state index contributed by atoms with van der Waals surface area (Å²) in [5.74, 6) is 1.87. The largest absolute Gasteiger partial charge is 0.508 e. The van der Waals surface area contributed by atoms with E-state index < -0.39 is 0 Å². The van der Waals surface area contributed by atoms with Gasteiger partial charge in [-0.15, -0.1) is 0 Å². The third-order valence-corrected chi connectivity index (χ3v) is 7.67. The highest BCUT2D eigenvalue weighted by Gasteiger charge is 2.26. The SMILES string of the molecule is CCN(Cc1ccc(OCCNCC(C)(C)C)c(F)c1)c1cc(OC)c(OC)cc1[C@@H]1CCc2cc(O)ccc2C1. The van der Waals surface area contributed by atoms with E-state index in [2.05, 4.69) is 44.0 Å². The van der Waals surface area contributed by atoms with Gasteiger partial charge in [-0.1, -0.05) is 32.9 Å². The Bertz CT molecular complexity index is 1320. The average molecular weight is 565 g/mol. The minimum Gasteiger partial charge on any atom is -0.508 e. The molecule has 0 unspecified atom stereocenters. The second-order valence-corrected chi connectivity index (χ2v) is 12.0. The summed E-state index contributed by atoms with van der Waals surface area (Å²) in [4.78, 5) is 2.26. The molecule has 0 radical (unpaired) electrons. The van der Waals surface area contributed by atoms with Crippen molar-refractivity contribution in [3.05, 3.63) is 76.6 Å². The monoisotopic (exact) mass is 564 g/mol. The average Bonchev–Trinajstić information content (AvgIpc) is 2.95. The predicted octanol–water partition coefficient (Wildman–Crippen LogP) is 6.86. The first-order chi connectivity index (χ1) is 19.6. The Kier molecular flexibility index (Phi) is 10.0. The number of hydrogen-bond donors (Lipinski definition) is 2. The molecule has 41 heavy (non-hydrogen) atoms. The zero-order valence-electron chi connectivity index (χ0n) is 25.4. The molecule has 1 aliphatic carbocycles. The van der Waals surface area contributed by atoms with Crippen LogP contribution in [0.4, 0.5) is 10.1 Å². The van der Waals surface area contributed by atoms with Crippen LogP contribution in [0.5, 0.6) is 23.0 Å². The van der Waals surface area contributed by atoms with Crippen molar-refractivity contribution in [1.82, 2.24) is 5.32 Å². The number of ether oxygens (including phenoxy) is 3. The number of fused-ring (bicyclic) bond motifs is 1. The molecule has 1 aliphatic rings. The lowest BCUT2D eigenvalue weighted by Crippen LogP contribution is -2.30. The van der Waals surface area contributed by atoms with Gasteiger partial charge in [0.1, 0.15) is 12.4 Å². The van der Waals surface area contributed by atoms with Gasteiger partial charge in [0.15, 0.2) is 23.1 Å². The van der Waals surface area contributed by atoms with E-state index >= 15 is 4.39 Å². The van der Waals surface area contributed by atoms with E-state index in [4.69, 9.17) is 14.2 Å². The van der Waals surface area contributed by atoms with Crippen LogP contribution in [0, 0.1) is 11.2 Å². The lowest BCUT2D eigenvalue weighted by molar-refractivity contribution is 0.285. The lowest BCUT2D eigenvalue weighted by Gasteiger charge is -2.32. The molecule has 3 aromatic rings.